The molecule has 146 valence electrons. The second-order valence-electron chi connectivity index (χ2n) is 8.26. The second-order valence-corrected chi connectivity index (χ2v) is 8.26. The summed E-state index contributed by atoms with van der Waals surface area (Å²) in [5.41, 5.74) is 6.01. The van der Waals surface area contributed by atoms with Gasteiger partial charge in [0.1, 0.15) is 0 Å². The summed E-state index contributed by atoms with van der Waals surface area (Å²) < 4.78 is 0. The largest absolute Gasteiger partial charge is 0.353 e. The zero-order valence-corrected chi connectivity index (χ0v) is 16.7. The highest BCUT2D eigenvalue weighted by atomic mass is 35.5. The van der Waals surface area contributed by atoms with Crippen LogP contribution in [0.15, 0.2) is 0 Å². The summed E-state index contributed by atoms with van der Waals surface area (Å²) in [6.07, 6.45) is 8.74. The Morgan fingerprint density at radius 3 is 2.28 bits per heavy atom. The van der Waals surface area contributed by atoms with E-state index in [2.05, 4.69) is 19.2 Å². The SMILES string of the molecule is CC(C)CC(=O)N1CCC(NC(=O)CC2(CN)CCCCC2)CC1.Cl. The fraction of sp³-hybridized carbons (Fsp3) is 0.895. The van der Waals surface area contributed by atoms with E-state index in [0.717, 1.165) is 38.8 Å². The van der Waals surface area contributed by atoms with E-state index < -0.39 is 0 Å². The lowest BCUT2D eigenvalue weighted by molar-refractivity contribution is -0.133. The third-order valence-electron chi connectivity index (χ3n) is 5.68. The lowest BCUT2D eigenvalue weighted by atomic mass is 9.71. The van der Waals surface area contributed by atoms with Crippen LogP contribution in [0, 0.1) is 11.3 Å². The van der Waals surface area contributed by atoms with Gasteiger partial charge in [0.25, 0.3) is 0 Å². The molecule has 6 heteroatoms. The number of halogens is 1. The van der Waals surface area contributed by atoms with E-state index in [4.69, 9.17) is 5.73 Å². The lowest BCUT2D eigenvalue weighted by Gasteiger charge is -2.37. The molecule has 0 aromatic carbocycles. The predicted molar refractivity (Wildman–Crippen MR) is 104 cm³/mol. The average molecular weight is 374 g/mol. The number of hydrogen-bond acceptors (Lipinski definition) is 3. The summed E-state index contributed by atoms with van der Waals surface area (Å²) in [6, 6.07) is 0.207. The lowest BCUT2D eigenvalue weighted by Crippen LogP contribution is -2.48. The van der Waals surface area contributed by atoms with Crippen LogP contribution in [-0.2, 0) is 9.59 Å². The molecule has 0 aromatic rings. The van der Waals surface area contributed by atoms with Gasteiger partial charge in [0.15, 0.2) is 0 Å². The zero-order chi connectivity index (χ0) is 17.6. The van der Waals surface area contributed by atoms with Crippen LogP contribution in [-0.4, -0.2) is 42.4 Å². The predicted octanol–water partition coefficient (Wildman–Crippen LogP) is 2.86. The minimum atomic E-state index is 0. The van der Waals surface area contributed by atoms with Gasteiger partial charge in [-0.2, -0.15) is 0 Å². The minimum absolute atomic E-state index is 0. The molecule has 0 aromatic heterocycles. The number of amides is 2. The summed E-state index contributed by atoms with van der Waals surface area (Å²) in [5, 5.41) is 3.19. The molecule has 2 fully saturated rings. The number of carbonyl (C=O) groups is 2. The van der Waals surface area contributed by atoms with E-state index in [9.17, 15) is 9.59 Å². The Kier molecular flexibility index (Phi) is 9.22. The van der Waals surface area contributed by atoms with Gasteiger partial charge in [-0.25, -0.2) is 0 Å². The quantitative estimate of drug-likeness (QED) is 0.751. The maximum absolute atomic E-state index is 12.5. The summed E-state index contributed by atoms with van der Waals surface area (Å²) in [7, 11) is 0. The summed E-state index contributed by atoms with van der Waals surface area (Å²) >= 11 is 0. The molecule has 0 spiro atoms. The van der Waals surface area contributed by atoms with E-state index >= 15 is 0 Å². The average Bonchev–Trinajstić information content (AvgIpc) is 2.55. The number of nitrogens with two attached hydrogens (primary N) is 1. The summed E-state index contributed by atoms with van der Waals surface area (Å²) in [6.45, 7) is 6.28. The molecule has 2 amide bonds. The van der Waals surface area contributed by atoms with Gasteiger partial charge < -0.3 is 16.0 Å². The molecule has 0 bridgehead atoms. The van der Waals surface area contributed by atoms with E-state index in [1.165, 1.54) is 19.3 Å². The van der Waals surface area contributed by atoms with Crippen molar-refractivity contribution in [1.82, 2.24) is 10.2 Å². The van der Waals surface area contributed by atoms with Gasteiger partial charge in [0.05, 0.1) is 0 Å². The third-order valence-corrected chi connectivity index (χ3v) is 5.68. The smallest absolute Gasteiger partial charge is 0.222 e. The third kappa shape index (κ3) is 6.78. The molecule has 1 aliphatic heterocycles. The van der Waals surface area contributed by atoms with Crippen LogP contribution in [0.1, 0.15) is 71.6 Å². The first kappa shape index (κ1) is 22.2. The molecule has 0 unspecified atom stereocenters. The Labute approximate surface area is 158 Å². The molecular formula is C19H36ClN3O2. The van der Waals surface area contributed by atoms with Crippen molar-refractivity contribution >= 4 is 24.2 Å². The first-order chi connectivity index (χ1) is 11.4. The monoisotopic (exact) mass is 373 g/mol. The van der Waals surface area contributed by atoms with Crippen LogP contribution in [0.4, 0.5) is 0 Å². The Bertz CT molecular complexity index is 428. The van der Waals surface area contributed by atoms with Crippen molar-refractivity contribution in [2.24, 2.45) is 17.1 Å². The summed E-state index contributed by atoms with van der Waals surface area (Å²) in [4.78, 5) is 26.5. The molecule has 5 nitrogen and oxygen atoms in total. The van der Waals surface area contributed by atoms with Gasteiger partial charge in [-0.05, 0) is 43.6 Å². The number of piperidine rings is 1. The standard InChI is InChI=1S/C19H35N3O2.ClH/c1-15(2)12-18(24)22-10-6-16(7-11-22)21-17(23)13-19(14-20)8-4-3-5-9-19;/h15-16H,3-14,20H2,1-2H3,(H,21,23);1H. The highest BCUT2D eigenvalue weighted by molar-refractivity contribution is 5.85. The second kappa shape index (κ2) is 10.4. The number of likely N-dealkylation sites (tertiary alicyclic amines) is 1. The zero-order valence-electron chi connectivity index (χ0n) is 15.9. The molecule has 1 aliphatic carbocycles. The van der Waals surface area contributed by atoms with Crippen molar-refractivity contribution in [3.05, 3.63) is 0 Å². The van der Waals surface area contributed by atoms with E-state index in [1.807, 2.05) is 4.90 Å². The maximum atomic E-state index is 12.5. The van der Waals surface area contributed by atoms with Gasteiger partial charge >= 0.3 is 0 Å². The van der Waals surface area contributed by atoms with Gasteiger partial charge in [0.2, 0.25) is 11.8 Å². The number of nitrogens with zero attached hydrogens (tertiary/aromatic N) is 1. The number of carbonyl (C=O) groups excluding carboxylic acids is 2. The Balaban J connectivity index is 0.00000312. The van der Waals surface area contributed by atoms with Crippen molar-refractivity contribution in [2.75, 3.05) is 19.6 Å². The van der Waals surface area contributed by atoms with Crippen LogP contribution in [0.5, 0.6) is 0 Å². The fourth-order valence-corrected chi connectivity index (χ4v) is 4.13. The molecule has 3 N–H and O–H groups in total. The van der Waals surface area contributed by atoms with Crippen LogP contribution >= 0.6 is 12.4 Å². The van der Waals surface area contributed by atoms with Crippen molar-refractivity contribution in [3.8, 4) is 0 Å². The summed E-state index contributed by atoms with van der Waals surface area (Å²) in [5.74, 6) is 0.797. The van der Waals surface area contributed by atoms with Gasteiger partial charge in [-0.1, -0.05) is 33.1 Å². The van der Waals surface area contributed by atoms with Gasteiger partial charge in [-0.3, -0.25) is 9.59 Å². The van der Waals surface area contributed by atoms with Crippen LogP contribution in [0.2, 0.25) is 0 Å². The molecule has 0 radical (unpaired) electrons. The molecule has 1 heterocycles. The highest BCUT2D eigenvalue weighted by Gasteiger charge is 2.34. The normalized spacial score (nSPS) is 20.9. The molecule has 1 saturated carbocycles. The number of hydrogen-bond donors (Lipinski definition) is 2. The van der Waals surface area contributed by atoms with Gasteiger partial charge in [-0.15, -0.1) is 12.4 Å². The molecule has 1 saturated heterocycles. The van der Waals surface area contributed by atoms with Crippen molar-refractivity contribution in [1.29, 1.82) is 0 Å². The Morgan fingerprint density at radius 2 is 1.76 bits per heavy atom. The Morgan fingerprint density at radius 1 is 1.16 bits per heavy atom. The van der Waals surface area contributed by atoms with Crippen molar-refractivity contribution < 1.29 is 9.59 Å². The molecular weight excluding hydrogens is 338 g/mol. The maximum Gasteiger partial charge on any atom is 0.222 e. The van der Waals surface area contributed by atoms with E-state index in [-0.39, 0.29) is 35.7 Å². The first-order valence-electron chi connectivity index (χ1n) is 9.71. The molecule has 25 heavy (non-hydrogen) atoms. The van der Waals surface area contributed by atoms with Crippen molar-refractivity contribution in [3.63, 3.8) is 0 Å². The minimum Gasteiger partial charge on any atom is -0.353 e. The van der Waals surface area contributed by atoms with Crippen LogP contribution in [0.25, 0.3) is 0 Å². The topological polar surface area (TPSA) is 75.4 Å². The molecule has 2 rings (SSSR count). The van der Waals surface area contributed by atoms with E-state index in [0.29, 0.717) is 25.3 Å². The number of rotatable bonds is 6. The first-order valence-corrected chi connectivity index (χ1v) is 9.71. The highest BCUT2D eigenvalue weighted by Crippen LogP contribution is 2.38. The van der Waals surface area contributed by atoms with Crippen LogP contribution in [0.3, 0.4) is 0 Å². The fourth-order valence-electron chi connectivity index (χ4n) is 4.13. The van der Waals surface area contributed by atoms with Crippen molar-refractivity contribution in [2.45, 2.75) is 77.7 Å². The molecule has 2 aliphatic rings. The van der Waals surface area contributed by atoms with Crippen LogP contribution < -0.4 is 11.1 Å². The molecule has 0 atom stereocenters. The Hall–Kier alpha value is -0.810. The van der Waals surface area contributed by atoms with Gasteiger partial charge in [0, 0.05) is 32.0 Å². The number of nitrogens with one attached hydrogen (secondary N) is 1. The van der Waals surface area contributed by atoms with E-state index in [1.54, 1.807) is 0 Å².